The van der Waals surface area contributed by atoms with E-state index in [1.165, 1.54) is 0 Å². The number of hydrogen-bond donors (Lipinski definition) is 1. The van der Waals surface area contributed by atoms with Gasteiger partial charge in [0.2, 0.25) is 0 Å². The molecule has 9 heteroatoms. The van der Waals surface area contributed by atoms with Crippen LogP contribution < -0.4 is 10.4 Å². The van der Waals surface area contributed by atoms with Gasteiger partial charge in [0.1, 0.15) is 0 Å². The summed E-state index contributed by atoms with van der Waals surface area (Å²) in [5.74, 6) is -1.74. The maximum atomic E-state index is 11.2. The van der Waals surface area contributed by atoms with Gasteiger partial charge in [0, 0.05) is 23.4 Å². The topological polar surface area (TPSA) is 138 Å². The molecule has 0 saturated carbocycles. The van der Waals surface area contributed by atoms with Crippen LogP contribution in [-0.4, -0.2) is 15.8 Å². The van der Waals surface area contributed by atoms with E-state index in [1.54, 1.807) is 18.2 Å². The van der Waals surface area contributed by atoms with Crippen LogP contribution in [0, 0.1) is 34.1 Å². The highest BCUT2D eigenvalue weighted by atomic mass is 16.6. The Morgan fingerprint density at radius 3 is 1.92 bits per heavy atom. The first kappa shape index (κ1) is 16.9. The lowest BCUT2D eigenvalue weighted by Gasteiger charge is -2.11. The molecule has 124 valence electrons. The zero-order chi connectivity index (χ0) is 18.0. The van der Waals surface area contributed by atoms with Crippen LogP contribution in [0.15, 0.2) is 30.3 Å². The maximum absolute atomic E-state index is 11.2. The van der Waals surface area contributed by atoms with Gasteiger partial charge in [-0.25, -0.2) is 0 Å². The number of benzene rings is 2. The number of anilines is 2. The second kappa shape index (κ2) is 6.32. The minimum absolute atomic E-state index is 0.391. The Morgan fingerprint density at radius 1 is 0.958 bits per heavy atom. The van der Waals surface area contributed by atoms with E-state index in [0.29, 0.717) is 5.69 Å². The first-order chi connectivity index (χ1) is 11.2. The largest absolute Gasteiger partial charge is 0.545 e. The van der Waals surface area contributed by atoms with Gasteiger partial charge >= 0.3 is 0 Å². The summed E-state index contributed by atoms with van der Waals surface area (Å²) in [5, 5.41) is 36.0. The summed E-state index contributed by atoms with van der Waals surface area (Å²) >= 11 is 0. The third-order valence-corrected chi connectivity index (χ3v) is 3.50. The lowest BCUT2D eigenvalue weighted by Crippen LogP contribution is -2.22. The van der Waals surface area contributed by atoms with Crippen LogP contribution in [0.5, 0.6) is 0 Å². The first-order valence-electron chi connectivity index (χ1n) is 6.73. The third-order valence-electron chi connectivity index (χ3n) is 3.50. The average molecular weight is 330 g/mol. The number of nitrogens with zero attached hydrogens (tertiary/aromatic N) is 2. The van der Waals surface area contributed by atoms with Gasteiger partial charge in [0.15, 0.2) is 5.69 Å². The minimum Gasteiger partial charge on any atom is -0.545 e. The summed E-state index contributed by atoms with van der Waals surface area (Å²) in [5.41, 5.74) is -0.195. The molecule has 0 amide bonds. The van der Waals surface area contributed by atoms with E-state index in [2.05, 4.69) is 5.32 Å². The monoisotopic (exact) mass is 330 g/mol. The SMILES string of the molecule is Cc1ccc(Nc2c([N+](=O)[O-])cc(C(=O)[O-])cc2[N+](=O)[O-])cc1C. The van der Waals surface area contributed by atoms with E-state index in [-0.39, 0.29) is 0 Å². The van der Waals surface area contributed by atoms with Gasteiger partial charge in [0.25, 0.3) is 11.4 Å². The van der Waals surface area contributed by atoms with Crippen molar-refractivity contribution in [2.24, 2.45) is 0 Å². The van der Waals surface area contributed by atoms with E-state index in [9.17, 15) is 30.1 Å². The molecular weight excluding hydrogens is 318 g/mol. The molecule has 0 atom stereocenters. The molecular formula is C15H12N3O6-. The number of aromatic carboxylic acids is 1. The summed E-state index contributed by atoms with van der Waals surface area (Å²) in [6, 6.07) is 6.50. The zero-order valence-electron chi connectivity index (χ0n) is 12.7. The Balaban J connectivity index is 2.65. The highest BCUT2D eigenvalue weighted by Gasteiger charge is 2.27. The normalized spacial score (nSPS) is 10.2. The van der Waals surface area contributed by atoms with Crippen LogP contribution in [0.2, 0.25) is 0 Å². The summed E-state index contributed by atoms with van der Waals surface area (Å²) in [7, 11) is 0. The predicted molar refractivity (Wildman–Crippen MR) is 83.3 cm³/mol. The Hall–Kier alpha value is -3.49. The fraction of sp³-hybridized carbons (Fsp3) is 0.133. The van der Waals surface area contributed by atoms with Gasteiger partial charge in [0.05, 0.1) is 15.8 Å². The molecule has 1 N–H and O–H groups in total. The molecule has 2 aromatic rings. The Kier molecular flexibility index (Phi) is 4.45. The lowest BCUT2D eigenvalue weighted by atomic mass is 10.1. The molecule has 0 aliphatic heterocycles. The van der Waals surface area contributed by atoms with Crippen LogP contribution in [-0.2, 0) is 0 Å². The van der Waals surface area contributed by atoms with E-state index < -0.39 is 38.4 Å². The molecule has 0 saturated heterocycles. The van der Waals surface area contributed by atoms with E-state index in [0.717, 1.165) is 23.3 Å². The average Bonchev–Trinajstić information content (AvgIpc) is 2.50. The van der Waals surface area contributed by atoms with Crippen molar-refractivity contribution in [3.8, 4) is 0 Å². The molecule has 0 heterocycles. The van der Waals surface area contributed by atoms with Gasteiger partial charge in [-0.1, -0.05) is 6.07 Å². The van der Waals surface area contributed by atoms with Crippen LogP contribution in [0.1, 0.15) is 21.5 Å². The molecule has 2 aromatic carbocycles. The van der Waals surface area contributed by atoms with Gasteiger partial charge in [-0.3, -0.25) is 20.2 Å². The molecule has 0 aromatic heterocycles. The predicted octanol–water partition coefficient (Wildman–Crippen LogP) is 2.23. The molecule has 2 rings (SSSR count). The molecule has 0 bridgehead atoms. The number of carbonyl (C=O) groups excluding carboxylic acids is 1. The van der Waals surface area contributed by atoms with Crippen LogP contribution >= 0.6 is 0 Å². The molecule has 0 radical (unpaired) electrons. The van der Waals surface area contributed by atoms with Gasteiger partial charge in [-0.2, -0.15) is 0 Å². The Labute approximate surface area is 135 Å². The number of carboxylic acid groups (broad SMARTS) is 1. The van der Waals surface area contributed by atoms with Crippen molar-refractivity contribution in [2.75, 3.05) is 5.32 Å². The van der Waals surface area contributed by atoms with E-state index >= 15 is 0 Å². The molecule has 0 spiro atoms. The number of aryl methyl sites for hydroxylation is 2. The number of hydrogen-bond acceptors (Lipinski definition) is 7. The fourth-order valence-corrected chi connectivity index (χ4v) is 2.11. The molecule has 0 fully saturated rings. The second-order valence-corrected chi connectivity index (χ2v) is 5.12. The zero-order valence-corrected chi connectivity index (χ0v) is 12.7. The number of carbonyl (C=O) groups is 1. The molecule has 9 nitrogen and oxygen atoms in total. The van der Waals surface area contributed by atoms with Crippen molar-refractivity contribution in [1.82, 2.24) is 0 Å². The molecule has 0 unspecified atom stereocenters. The minimum atomic E-state index is -1.74. The third kappa shape index (κ3) is 3.29. The molecule has 24 heavy (non-hydrogen) atoms. The van der Waals surface area contributed by atoms with E-state index in [1.807, 2.05) is 13.8 Å². The molecule has 0 aliphatic rings. The standard InChI is InChI=1S/C15H13N3O6/c1-8-3-4-11(5-9(8)2)16-14-12(17(21)22)6-10(15(19)20)7-13(14)18(23)24/h3-7,16H,1-2H3,(H,19,20)/p-1. The maximum Gasteiger partial charge on any atom is 0.300 e. The van der Waals surface area contributed by atoms with E-state index in [4.69, 9.17) is 0 Å². The van der Waals surface area contributed by atoms with Crippen LogP contribution in [0.4, 0.5) is 22.7 Å². The fourth-order valence-electron chi connectivity index (χ4n) is 2.11. The summed E-state index contributed by atoms with van der Waals surface area (Å²) in [4.78, 5) is 31.6. The van der Waals surface area contributed by atoms with Crippen molar-refractivity contribution in [1.29, 1.82) is 0 Å². The van der Waals surface area contributed by atoms with Crippen molar-refractivity contribution < 1.29 is 19.7 Å². The number of nitro benzene ring substituents is 2. The highest BCUT2D eigenvalue weighted by Crippen LogP contribution is 2.37. The van der Waals surface area contributed by atoms with Crippen molar-refractivity contribution >= 4 is 28.7 Å². The number of rotatable bonds is 5. The van der Waals surface area contributed by atoms with Crippen LogP contribution in [0.25, 0.3) is 0 Å². The Bertz CT molecular complexity index is 827. The second-order valence-electron chi connectivity index (χ2n) is 5.12. The van der Waals surface area contributed by atoms with Gasteiger partial charge < -0.3 is 15.2 Å². The van der Waals surface area contributed by atoms with Crippen molar-refractivity contribution in [2.45, 2.75) is 13.8 Å². The van der Waals surface area contributed by atoms with Gasteiger partial charge in [-0.15, -0.1) is 0 Å². The Morgan fingerprint density at radius 2 is 1.50 bits per heavy atom. The van der Waals surface area contributed by atoms with Gasteiger partial charge in [-0.05, 0) is 37.1 Å². The number of carboxylic acids is 1. The highest BCUT2D eigenvalue weighted by molar-refractivity contribution is 5.92. The number of nitro groups is 2. The quantitative estimate of drug-likeness (QED) is 0.655. The number of nitrogens with one attached hydrogen (secondary N) is 1. The van der Waals surface area contributed by atoms with Crippen molar-refractivity contribution in [3.05, 3.63) is 67.3 Å². The molecule has 0 aliphatic carbocycles. The van der Waals surface area contributed by atoms with Crippen LogP contribution in [0.3, 0.4) is 0 Å². The summed E-state index contributed by atoms with van der Waals surface area (Å²) in [6.45, 7) is 3.70. The first-order valence-corrected chi connectivity index (χ1v) is 6.73. The van der Waals surface area contributed by atoms with Crippen molar-refractivity contribution in [3.63, 3.8) is 0 Å². The summed E-state index contributed by atoms with van der Waals surface area (Å²) in [6.07, 6.45) is 0. The lowest BCUT2D eigenvalue weighted by molar-refractivity contribution is -0.392. The summed E-state index contributed by atoms with van der Waals surface area (Å²) < 4.78 is 0. The smallest absolute Gasteiger partial charge is 0.300 e.